The molecule has 0 saturated carbocycles. The Balaban J connectivity index is 2.65. The van der Waals surface area contributed by atoms with E-state index in [9.17, 15) is 4.79 Å². The SMILES string of the molecule is CC(C)C(CCBr)NC(=O)c1ccoc1Cl. The molecule has 1 heterocycles. The zero-order valence-electron chi connectivity index (χ0n) is 9.30. The zero-order chi connectivity index (χ0) is 12.1. The van der Waals surface area contributed by atoms with Crippen molar-refractivity contribution in [2.24, 2.45) is 5.92 Å². The van der Waals surface area contributed by atoms with Gasteiger partial charge in [0, 0.05) is 11.4 Å². The summed E-state index contributed by atoms with van der Waals surface area (Å²) in [6.07, 6.45) is 2.30. The lowest BCUT2D eigenvalue weighted by Gasteiger charge is -2.21. The van der Waals surface area contributed by atoms with Crippen LogP contribution in [0.1, 0.15) is 30.6 Å². The summed E-state index contributed by atoms with van der Waals surface area (Å²) >= 11 is 9.11. The minimum absolute atomic E-state index is 0.137. The fourth-order valence-electron chi connectivity index (χ4n) is 1.39. The number of carbonyl (C=O) groups is 1. The molecule has 1 unspecified atom stereocenters. The van der Waals surface area contributed by atoms with E-state index in [1.807, 2.05) is 0 Å². The summed E-state index contributed by atoms with van der Waals surface area (Å²) in [5, 5.41) is 3.94. The van der Waals surface area contributed by atoms with Crippen LogP contribution in [0.5, 0.6) is 0 Å². The maximum absolute atomic E-state index is 11.8. The summed E-state index contributed by atoms with van der Waals surface area (Å²) in [4.78, 5) is 11.8. The van der Waals surface area contributed by atoms with Gasteiger partial charge >= 0.3 is 0 Å². The van der Waals surface area contributed by atoms with Gasteiger partial charge in [-0.2, -0.15) is 0 Å². The highest BCUT2D eigenvalue weighted by molar-refractivity contribution is 9.09. The van der Waals surface area contributed by atoms with Crippen molar-refractivity contribution >= 4 is 33.4 Å². The Kier molecular flexibility index (Phi) is 5.35. The maximum Gasteiger partial charge on any atom is 0.256 e. The zero-order valence-corrected chi connectivity index (χ0v) is 11.6. The number of halogens is 2. The second-order valence-corrected chi connectivity index (χ2v) is 5.05. The predicted octanol–water partition coefficient (Wildman–Crippen LogP) is 3.47. The molecule has 0 fully saturated rings. The smallest absolute Gasteiger partial charge is 0.256 e. The van der Waals surface area contributed by atoms with Gasteiger partial charge in [-0.05, 0) is 30.0 Å². The van der Waals surface area contributed by atoms with Crippen molar-refractivity contribution in [2.75, 3.05) is 5.33 Å². The van der Waals surface area contributed by atoms with E-state index in [0.717, 1.165) is 11.8 Å². The molecular weight excluding hydrogens is 293 g/mol. The average molecular weight is 309 g/mol. The Hall–Kier alpha value is -0.480. The molecule has 1 atom stereocenters. The summed E-state index contributed by atoms with van der Waals surface area (Å²) in [5.41, 5.74) is 0.391. The average Bonchev–Trinajstić information content (AvgIpc) is 2.63. The number of hydrogen-bond acceptors (Lipinski definition) is 2. The van der Waals surface area contributed by atoms with Crippen molar-refractivity contribution in [3.05, 3.63) is 23.1 Å². The van der Waals surface area contributed by atoms with Crippen LogP contribution >= 0.6 is 27.5 Å². The largest absolute Gasteiger partial charge is 0.452 e. The first-order valence-corrected chi connectivity index (χ1v) is 6.66. The Morgan fingerprint density at radius 1 is 1.62 bits per heavy atom. The minimum atomic E-state index is -0.182. The summed E-state index contributed by atoms with van der Waals surface area (Å²) in [6, 6.07) is 1.71. The predicted molar refractivity (Wildman–Crippen MR) is 68.2 cm³/mol. The van der Waals surface area contributed by atoms with Crippen LogP contribution < -0.4 is 5.32 Å². The molecule has 90 valence electrons. The maximum atomic E-state index is 11.8. The van der Waals surface area contributed by atoms with Gasteiger partial charge in [-0.25, -0.2) is 0 Å². The number of furan rings is 1. The molecule has 0 aliphatic rings. The number of hydrogen-bond donors (Lipinski definition) is 1. The van der Waals surface area contributed by atoms with Gasteiger partial charge in [-0.15, -0.1) is 0 Å². The van der Waals surface area contributed by atoms with E-state index in [-0.39, 0.29) is 17.2 Å². The monoisotopic (exact) mass is 307 g/mol. The fraction of sp³-hybridized carbons (Fsp3) is 0.545. The van der Waals surface area contributed by atoms with Crippen molar-refractivity contribution in [1.82, 2.24) is 5.32 Å². The standard InChI is InChI=1S/C11H15BrClNO2/c1-7(2)9(3-5-12)14-11(15)8-4-6-16-10(8)13/h4,6-7,9H,3,5H2,1-2H3,(H,14,15). The lowest BCUT2D eigenvalue weighted by molar-refractivity contribution is 0.0924. The molecule has 16 heavy (non-hydrogen) atoms. The second kappa shape index (κ2) is 6.30. The highest BCUT2D eigenvalue weighted by Crippen LogP contribution is 2.17. The van der Waals surface area contributed by atoms with Gasteiger partial charge in [0.2, 0.25) is 5.22 Å². The van der Waals surface area contributed by atoms with Crippen LogP contribution in [0.25, 0.3) is 0 Å². The number of rotatable bonds is 5. The molecule has 0 aromatic carbocycles. The third kappa shape index (κ3) is 3.52. The van der Waals surface area contributed by atoms with Gasteiger partial charge in [0.05, 0.1) is 11.8 Å². The first-order chi connectivity index (χ1) is 7.56. The van der Waals surface area contributed by atoms with Gasteiger partial charge in [0.15, 0.2) is 0 Å². The molecule has 1 N–H and O–H groups in total. The molecule has 1 aromatic rings. The second-order valence-electron chi connectivity index (χ2n) is 3.91. The Bertz CT molecular complexity index is 352. The molecule has 3 nitrogen and oxygen atoms in total. The Morgan fingerprint density at radius 2 is 2.31 bits per heavy atom. The molecule has 0 aliphatic heterocycles. The molecule has 5 heteroatoms. The molecule has 0 spiro atoms. The van der Waals surface area contributed by atoms with Gasteiger partial charge in [0.25, 0.3) is 5.91 Å². The highest BCUT2D eigenvalue weighted by Gasteiger charge is 2.19. The van der Waals surface area contributed by atoms with E-state index in [4.69, 9.17) is 16.0 Å². The van der Waals surface area contributed by atoms with Gasteiger partial charge in [-0.3, -0.25) is 4.79 Å². The molecule has 1 aromatic heterocycles. The molecule has 0 saturated heterocycles. The number of nitrogens with one attached hydrogen (secondary N) is 1. The summed E-state index contributed by atoms with van der Waals surface area (Å²) in [5.74, 6) is 0.200. The number of alkyl halides is 1. The summed E-state index contributed by atoms with van der Waals surface area (Å²) in [6.45, 7) is 4.15. The van der Waals surface area contributed by atoms with Crippen molar-refractivity contribution in [1.29, 1.82) is 0 Å². The van der Waals surface area contributed by atoms with Crippen LogP contribution in [0.15, 0.2) is 16.7 Å². The number of amides is 1. The fourth-order valence-corrected chi connectivity index (χ4v) is 2.09. The van der Waals surface area contributed by atoms with Crippen molar-refractivity contribution in [3.63, 3.8) is 0 Å². The quantitative estimate of drug-likeness (QED) is 0.846. The van der Waals surface area contributed by atoms with Crippen LogP contribution in [-0.2, 0) is 0 Å². The minimum Gasteiger partial charge on any atom is -0.452 e. The number of carbonyl (C=O) groups excluding carboxylic acids is 1. The first-order valence-electron chi connectivity index (χ1n) is 5.16. The normalized spacial score (nSPS) is 12.8. The van der Waals surface area contributed by atoms with Crippen LogP contribution in [0, 0.1) is 5.92 Å². The summed E-state index contributed by atoms with van der Waals surface area (Å²) < 4.78 is 4.88. The van der Waals surface area contributed by atoms with Gasteiger partial charge in [0.1, 0.15) is 0 Å². The highest BCUT2D eigenvalue weighted by atomic mass is 79.9. The van der Waals surface area contributed by atoms with Gasteiger partial charge < -0.3 is 9.73 Å². The Labute approximate surface area is 109 Å². The third-order valence-electron chi connectivity index (χ3n) is 2.40. The van der Waals surface area contributed by atoms with Crippen LogP contribution in [0.3, 0.4) is 0 Å². The van der Waals surface area contributed by atoms with Crippen LogP contribution in [0.2, 0.25) is 5.22 Å². The molecule has 0 aliphatic carbocycles. The first kappa shape index (κ1) is 13.6. The molecule has 0 bridgehead atoms. The lowest BCUT2D eigenvalue weighted by Crippen LogP contribution is -2.38. The van der Waals surface area contributed by atoms with E-state index in [0.29, 0.717) is 11.5 Å². The summed E-state index contributed by atoms with van der Waals surface area (Å²) in [7, 11) is 0. The van der Waals surface area contributed by atoms with Crippen LogP contribution in [0.4, 0.5) is 0 Å². The third-order valence-corrected chi connectivity index (χ3v) is 3.15. The molecule has 0 radical (unpaired) electrons. The lowest BCUT2D eigenvalue weighted by atomic mass is 10.0. The molecular formula is C11H15BrClNO2. The topological polar surface area (TPSA) is 42.2 Å². The Morgan fingerprint density at radius 3 is 2.75 bits per heavy atom. The molecule has 1 amide bonds. The molecule has 1 rings (SSSR count). The van der Waals surface area contributed by atoms with E-state index in [1.165, 1.54) is 6.26 Å². The van der Waals surface area contributed by atoms with E-state index < -0.39 is 0 Å². The van der Waals surface area contributed by atoms with Gasteiger partial charge in [-0.1, -0.05) is 29.8 Å². The van der Waals surface area contributed by atoms with E-state index in [1.54, 1.807) is 6.07 Å². The van der Waals surface area contributed by atoms with Crippen molar-refractivity contribution in [3.8, 4) is 0 Å². The van der Waals surface area contributed by atoms with Crippen LogP contribution in [-0.4, -0.2) is 17.3 Å². The van der Waals surface area contributed by atoms with Crippen molar-refractivity contribution < 1.29 is 9.21 Å². The van der Waals surface area contributed by atoms with E-state index >= 15 is 0 Å². The van der Waals surface area contributed by atoms with E-state index in [2.05, 4.69) is 35.1 Å². The van der Waals surface area contributed by atoms with Crippen molar-refractivity contribution in [2.45, 2.75) is 26.3 Å².